The van der Waals surface area contributed by atoms with Crippen LogP contribution in [0.5, 0.6) is 0 Å². The summed E-state index contributed by atoms with van der Waals surface area (Å²) in [6.45, 7) is 2.55. The van der Waals surface area contributed by atoms with Gasteiger partial charge in [-0.15, -0.1) is 0 Å². The first-order chi connectivity index (χ1) is 20.5. The molecule has 8 heteroatoms. The average molecular weight is 580 g/mol. The van der Waals surface area contributed by atoms with Crippen molar-refractivity contribution >= 4 is 17.8 Å². The number of carbonyl (C=O) groups excluding carboxylic acids is 2. The van der Waals surface area contributed by atoms with Gasteiger partial charge in [0.2, 0.25) is 11.9 Å². The van der Waals surface area contributed by atoms with Gasteiger partial charge in [0.1, 0.15) is 6.04 Å². The Labute approximate surface area is 250 Å². The van der Waals surface area contributed by atoms with E-state index in [1.54, 1.807) is 0 Å². The summed E-state index contributed by atoms with van der Waals surface area (Å²) in [5.41, 5.74) is -0.303. The van der Waals surface area contributed by atoms with Crippen molar-refractivity contribution < 1.29 is 23.9 Å². The molecule has 0 saturated carbocycles. The summed E-state index contributed by atoms with van der Waals surface area (Å²) in [7, 11) is 0. The van der Waals surface area contributed by atoms with E-state index in [0.717, 1.165) is 38.5 Å². The van der Waals surface area contributed by atoms with Gasteiger partial charge >= 0.3 is 5.97 Å². The Hall–Kier alpha value is -4.07. The van der Waals surface area contributed by atoms with Crippen LogP contribution in [0, 0.1) is 5.95 Å². The highest BCUT2D eigenvalue weighted by Gasteiger charge is 2.22. The van der Waals surface area contributed by atoms with Crippen molar-refractivity contribution in [3.63, 3.8) is 0 Å². The van der Waals surface area contributed by atoms with Crippen LogP contribution in [0.4, 0.5) is 4.39 Å². The highest BCUT2D eigenvalue weighted by Crippen LogP contribution is 2.07. The van der Waals surface area contributed by atoms with Gasteiger partial charge in [-0.05, 0) is 76.3 Å². The SMILES string of the molecule is CCC=CCC=CCC=CCC=CCC=CCC=CCCC(=O)NCCCC[C@H](NC(=O)c1cccnc1F)C(=O)O. The van der Waals surface area contributed by atoms with Crippen molar-refractivity contribution in [2.45, 2.75) is 83.6 Å². The second-order valence-electron chi connectivity index (χ2n) is 9.51. The number of unbranched alkanes of at least 4 members (excludes halogenated alkanes) is 1. The van der Waals surface area contributed by atoms with E-state index in [0.29, 0.717) is 32.2 Å². The van der Waals surface area contributed by atoms with Gasteiger partial charge in [-0.2, -0.15) is 4.39 Å². The van der Waals surface area contributed by atoms with Gasteiger partial charge in [-0.3, -0.25) is 9.59 Å². The molecule has 1 atom stereocenters. The Morgan fingerprint density at radius 3 is 1.93 bits per heavy atom. The van der Waals surface area contributed by atoms with Gasteiger partial charge in [0.25, 0.3) is 5.91 Å². The highest BCUT2D eigenvalue weighted by molar-refractivity contribution is 5.96. The lowest BCUT2D eigenvalue weighted by Gasteiger charge is -2.14. The van der Waals surface area contributed by atoms with E-state index in [2.05, 4.69) is 83.3 Å². The van der Waals surface area contributed by atoms with Gasteiger partial charge in [-0.25, -0.2) is 9.78 Å². The van der Waals surface area contributed by atoms with Crippen molar-refractivity contribution in [2.75, 3.05) is 6.54 Å². The maximum absolute atomic E-state index is 13.6. The normalized spacial score (nSPS) is 12.9. The smallest absolute Gasteiger partial charge is 0.326 e. The number of carbonyl (C=O) groups is 3. The van der Waals surface area contributed by atoms with Gasteiger partial charge in [-0.1, -0.05) is 79.8 Å². The molecule has 0 aliphatic carbocycles. The maximum Gasteiger partial charge on any atom is 0.326 e. The fourth-order valence-corrected chi connectivity index (χ4v) is 3.69. The number of carboxylic acid groups (broad SMARTS) is 1. The van der Waals surface area contributed by atoms with E-state index < -0.39 is 23.9 Å². The van der Waals surface area contributed by atoms with Gasteiger partial charge in [0, 0.05) is 19.2 Å². The fourth-order valence-electron chi connectivity index (χ4n) is 3.69. The zero-order valence-electron chi connectivity index (χ0n) is 24.7. The lowest BCUT2D eigenvalue weighted by Crippen LogP contribution is -2.41. The topological polar surface area (TPSA) is 108 Å². The molecule has 0 bridgehead atoms. The fraction of sp³-hybridized carbons (Fsp3) is 0.412. The van der Waals surface area contributed by atoms with Crippen LogP contribution in [0.2, 0.25) is 0 Å². The Morgan fingerprint density at radius 1 is 0.857 bits per heavy atom. The van der Waals surface area contributed by atoms with Crippen molar-refractivity contribution in [2.24, 2.45) is 0 Å². The van der Waals surface area contributed by atoms with Gasteiger partial charge in [0.15, 0.2) is 0 Å². The van der Waals surface area contributed by atoms with Crippen LogP contribution in [-0.4, -0.2) is 40.5 Å². The highest BCUT2D eigenvalue weighted by atomic mass is 19.1. The van der Waals surface area contributed by atoms with Crippen LogP contribution in [0.3, 0.4) is 0 Å². The number of hydrogen-bond donors (Lipinski definition) is 3. The monoisotopic (exact) mass is 579 g/mol. The second kappa shape index (κ2) is 24.7. The lowest BCUT2D eigenvalue weighted by atomic mass is 10.1. The van der Waals surface area contributed by atoms with Gasteiger partial charge in [0.05, 0.1) is 5.56 Å². The quantitative estimate of drug-likeness (QED) is 0.0767. The molecule has 2 amide bonds. The third-order valence-corrected chi connectivity index (χ3v) is 5.98. The first-order valence-electron chi connectivity index (χ1n) is 14.8. The van der Waals surface area contributed by atoms with Crippen LogP contribution >= 0.6 is 0 Å². The van der Waals surface area contributed by atoms with Crippen molar-refractivity contribution in [3.05, 3.63) is 103 Å². The molecule has 1 rings (SSSR count). The number of amides is 2. The minimum absolute atomic E-state index is 0.0651. The van der Waals surface area contributed by atoms with Crippen LogP contribution in [0.15, 0.2) is 91.2 Å². The molecule has 0 unspecified atom stereocenters. The standard InChI is InChI=1S/C34H46FN3O4/c1-2-3-4-5-6-7-8-9-10-11-12-13-14-15-16-17-18-19-20-26-31(39)36-27-22-21-25-30(34(41)42)38-33(40)29-24-23-28-37-32(29)35/h3-4,6-7,9-10,12-13,15-16,18-19,23-24,28,30H,2,5,8,11,14,17,20-22,25-27H2,1H3,(H,36,39)(H,38,40)(H,41,42)/t30-/m0/s1. The predicted molar refractivity (Wildman–Crippen MR) is 167 cm³/mol. The van der Waals surface area contributed by atoms with E-state index in [4.69, 9.17) is 0 Å². The number of halogens is 1. The second-order valence-corrected chi connectivity index (χ2v) is 9.51. The molecule has 0 spiro atoms. The number of aromatic nitrogens is 1. The van der Waals surface area contributed by atoms with E-state index in [-0.39, 0.29) is 17.9 Å². The minimum Gasteiger partial charge on any atom is -0.480 e. The number of hydrogen-bond acceptors (Lipinski definition) is 4. The summed E-state index contributed by atoms with van der Waals surface area (Å²) < 4.78 is 13.6. The van der Waals surface area contributed by atoms with Crippen LogP contribution in [-0.2, 0) is 9.59 Å². The van der Waals surface area contributed by atoms with Crippen molar-refractivity contribution in [3.8, 4) is 0 Å². The number of nitrogens with zero attached hydrogens (tertiary/aromatic N) is 1. The molecule has 0 fully saturated rings. The zero-order valence-corrected chi connectivity index (χ0v) is 24.7. The summed E-state index contributed by atoms with van der Waals surface area (Å²) in [5, 5.41) is 14.5. The number of nitrogens with one attached hydrogen (secondary N) is 2. The lowest BCUT2D eigenvalue weighted by molar-refractivity contribution is -0.139. The van der Waals surface area contributed by atoms with E-state index in [9.17, 15) is 23.9 Å². The molecule has 0 aliphatic rings. The minimum atomic E-state index is -1.20. The van der Waals surface area contributed by atoms with E-state index in [1.165, 1.54) is 18.3 Å². The molecule has 1 aromatic heterocycles. The molecule has 0 aromatic carbocycles. The number of aliphatic carboxylic acids is 1. The number of carboxylic acids is 1. The Morgan fingerprint density at radius 2 is 1.40 bits per heavy atom. The molecule has 3 N–H and O–H groups in total. The molecular weight excluding hydrogens is 533 g/mol. The molecule has 0 aliphatic heterocycles. The van der Waals surface area contributed by atoms with Crippen LogP contribution < -0.4 is 10.6 Å². The number of pyridine rings is 1. The molecule has 42 heavy (non-hydrogen) atoms. The molecule has 7 nitrogen and oxygen atoms in total. The summed E-state index contributed by atoms with van der Waals surface area (Å²) in [6, 6.07) is 1.49. The zero-order chi connectivity index (χ0) is 30.7. The molecule has 228 valence electrons. The number of allylic oxidation sites excluding steroid dienone is 12. The van der Waals surface area contributed by atoms with Gasteiger partial charge < -0.3 is 15.7 Å². The average Bonchev–Trinajstić information content (AvgIpc) is 2.97. The van der Waals surface area contributed by atoms with Crippen LogP contribution in [0.1, 0.15) is 87.9 Å². The maximum atomic E-state index is 13.6. The third kappa shape index (κ3) is 19.1. The molecule has 1 heterocycles. The van der Waals surface area contributed by atoms with E-state index >= 15 is 0 Å². The molecule has 0 radical (unpaired) electrons. The summed E-state index contributed by atoms with van der Waals surface area (Å²) in [4.78, 5) is 39.0. The van der Waals surface area contributed by atoms with Crippen LogP contribution in [0.25, 0.3) is 0 Å². The largest absolute Gasteiger partial charge is 0.480 e. The Bertz CT molecular complexity index is 1110. The van der Waals surface area contributed by atoms with Crippen molar-refractivity contribution in [1.82, 2.24) is 15.6 Å². The third-order valence-electron chi connectivity index (χ3n) is 5.98. The Kier molecular flexibility index (Phi) is 21.1. The van der Waals surface area contributed by atoms with Crippen molar-refractivity contribution in [1.29, 1.82) is 0 Å². The molecule has 1 aromatic rings. The molecule has 0 saturated heterocycles. The first-order valence-corrected chi connectivity index (χ1v) is 14.8. The Balaban J connectivity index is 2.07. The van der Waals surface area contributed by atoms with E-state index in [1.807, 2.05) is 12.2 Å². The summed E-state index contributed by atoms with van der Waals surface area (Å²) >= 11 is 0. The first kappa shape index (κ1) is 36.0. The number of rotatable bonds is 22. The molecular formula is C34H46FN3O4. The summed E-state index contributed by atoms with van der Waals surface area (Å²) in [5.74, 6) is -3.04. The predicted octanol–water partition coefficient (Wildman–Crippen LogP) is 7.17. The summed E-state index contributed by atoms with van der Waals surface area (Å²) in [6.07, 6.45) is 34.8.